The third-order valence-electron chi connectivity index (χ3n) is 16.2. The van der Waals surface area contributed by atoms with Crippen LogP contribution in [0.25, 0.3) is 150 Å². The fourth-order valence-electron chi connectivity index (χ4n) is 12.5. The molecule has 81 heavy (non-hydrogen) atoms. The lowest BCUT2D eigenvalue weighted by molar-refractivity contribution is 1.13. The molecule has 16 rings (SSSR count). The maximum absolute atomic E-state index is 5.20. The summed E-state index contributed by atoms with van der Waals surface area (Å²) >= 11 is 0. The third-order valence-corrected chi connectivity index (χ3v) is 16.2. The summed E-state index contributed by atoms with van der Waals surface area (Å²) < 4.78 is 7.27. The first-order valence-corrected chi connectivity index (χ1v) is 27.6. The Bertz CT molecular complexity index is 5030. The molecule has 0 bridgehead atoms. The molecule has 0 fully saturated rings. The van der Waals surface area contributed by atoms with Crippen LogP contribution in [0.4, 0.5) is 0 Å². The van der Waals surface area contributed by atoms with Gasteiger partial charge in [-0.05, 0) is 130 Å². The van der Waals surface area contributed by atoms with E-state index in [1.807, 2.05) is 24.3 Å². The van der Waals surface area contributed by atoms with Gasteiger partial charge in [0, 0.05) is 66.1 Å². The molecule has 0 spiro atoms. The Balaban J connectivity index is 0.836. The average Bonchev–Trinajstić information content (AvgIpc) is 4.26. The van der Waals surface area contributed by atoms with E-state index in [1.54, 1.807) is 0 Å². The van der Waals surface area contributed by atoms with Gasteiger partial charge in [-0.3, -0.25) is 0 Å². The topological polar surface area (TPSA) is 40.6 Å². The van der Waals surface area contributed by atoms with Crippen LogP contribution in [-0.4, -0.2) is 23.7 Å². The van der Waals surface area contributed by atoms with Crippen molar-refractivity contribution in [1.29, 1.82) is 0 Å². The molecular weight excluding hydrogens is 983 g/mol. The number of rotatable bonds is 9. The molecule has 0 saturated heterocycles. The van der Waals surface area contributed by atoms with Crippen LogP contribution >= 0.6 is 0 Å². The highest BCUT2D eigenvalue weighted by molar-refractivity contribution is 6.17. The van der Waals surface area contributed by atoms with E-state index in [2.05, 4.69) is 287 Å². The largest absolute Gasteiger partial charge is 0.309 e. The van der Waals surface area contributed by atoms with Crippen LogP contribution in [0.2, 0.25) is 0 Å². The number of nitrogens with zero attached hydrogens (tertiary/aromatic N) is 5. The lowest BCUT2D eigenvalue weighted by Gasteiger charge is -2.13. The van der Waals surface area contributed by atoms with E-state index in [0.717, 1.165) is 78.3 Å². The molecular formula is C76H49N5. The summed E-state index contributed by atoms with van der Waals surface area (Å²) in [5, 5.41) is 7.29. The number of hydrogen-bond acceptors (Lipinski definition) is 2. The first-order chi connectivity index (χ1) is 40.2. The number of benzene rings is 12. The minimum Gasteiger partial charge on any atom is -0.309 e. The fourth-order valence-corrected chi connectivity index (χ4v) is 12.5. The molecule has 0 amide bonds. The Labute approximate surface area is 468 Å². The van der Waals surface area contributed by atoms with Crippen molar-refractivity contribution in [2.45, 2.75) is 0 Å². The summed E-state index contributed by atoms with van der Waals surface area (Å²) in [5.41, 5.74) is 22.2. The Morgan fingerprint density at radius 2 is 0.617 bits per heavy atom. The van der Waals surface area contributed by atoms with Crippen molar-refractivity contribution in [2.24, 2.45) is 0 Å². The van der Waals surface area contributed by atoms with E-state index < -0.39 is 0 Å². The van der Waals surface area contributed by atoms with Gasteiger partial charge in [-0.25, -0.2) is 9.97 Å². The lowest BCUT2D eigenvalue weighted by Crippen LogP contribution is -1.98. The van der Waals surface area contributed by atoms with Crippen LogP contribution in [0.15, 0.2) is 297 Å². The molecule has 0 saturated carbocycles. The molecule has 0 aliphatic heterocycles. The van der Waals surface area contributed by atoms with Crippen LogP contribution in [-0.2, 0) is 0 Å². The maximum atomic E-state index is 5.20. The predicted octanol–water partition coefficient (Wildman–Crippen LogP) is 19.8. The van der Waals surface area contributed by atoms with Gasteiger partial charge in [-0.2, -0.15) is 0 Å². The summed E-state index contributed by atoms with van der Waals surface area (Å²) in [6.45, 7) is 0. The molecule has 0 atom stereocenters. The van der Waals surface area contributed by atoms with E-state index >= 15 is 0 Å². The summed E-state index contributed by atoms with van der Waals surface area (Å²) in [6, 6.07) is 107. The van der Waals surface area contributed by atoms with Crippen molar-refractivity contribution in [3.63, 3.8) is 0 Å². The molecule has 0 N–H and O–H groups in total. The second-order valence-electron chi connectivity index (χ2n) is 20.9. The van der Waals surface area contributed by atoms with Gasteiger partial charge in [0.25, 0.3) is 0 Å². The number of fused-ring (bicyclic) bond motifs is 9. The maximum Gasteiger partial charge on any atom is 0.160 e. The molecule has 5 heteroatoms. The second-order valence-corrected chi connectivity index (χ2v) is 20.9. The monoisotopic (exact) mass is 1030 g/mol. The highest BCUT2D eigenvalue weighted by Crippen LogP contribution is 2.43. The van der Waals surface area contributed by atoms with Crippen LogP contribution < -0.4 is 0 Å². The highest BCUT2D eigenvalue weighted by atomic mass is 15.0. The molecule has 0 unspecified atom stereocenters. The van der Waals surface area contributed by atoms with Crippen molar-refractivity contribution < 1.29 is 0 Å². The van der Waals surface area contributed by atoms with Gasteiger partial charge in [0.2, 0.25) is 0 Å². The number of hydrogen-bond donors (Lipinski definition) is 0. The van der Waals surface area contributed by atoms with Gasteiger partial charge in [0.15, 0.2) is 5.82 Å². The molecule has 0 aliphatic carbocycles. The van der Waals surface area contributed by atoms with Crippen LogP contribution in [0.1, 0.15) is 0 Å². The van der Waals surface area contributed by atoms with Crippen molar-refractivity contribution in [3.8, 4) is 84.3 Å². The van der Waals surface area contributed by atoms with E-state index in [9.17, 15) is 0 Å². The standard InChI is InChI=1S/C76H49N5/c1-5-20-50(21-6-1)53-38-41-72-65(45-53)66-47-55(54-39-42-71-64(46-54)62-32-13-15-35-69(62)79(71)58-28-11-4-12-29-58)40-43-73(66)80(72)59-30-18-31-60(48-59)81-70-36-16-14-33-63(70)75-61(34-19-37-74(75)81)56-26-17-27-57(44-56)68-49-67(51-22-7-2-8-23-51)77-76(78-68)52-24-9-3-10-25-52/h1-49H. The molecule has 378 valence electrons. The Morgan fingerprint density at radius 1 is 0.210 bits per heavy atom. The zero-order valence-corrected chi connectivity index (χ0v) is 44.0. The normalized spacial score (nSPS) is 11.7. The third kappa shape index (κ3) is 7.78. The Morgan fingerprint density at radius 3 is 1.26 bits per heavy atom. The molecule has 5 nitrogen and oxygen atoms in total. The van der Waals surface area contributed by atoms with Gasteiger partial charge in [0.1, 0.15) is 0 Å². The van der Waals surface area contributed by atoms with Crippen molar-refractivity contribution in [2.75, 3.05) is 0 Å². The lowest BCUT2D eigenvalue weighted by atomic mass is 9.97. The Hall–Kier alpha value is -10.9. The average molecular weight is 1030 g/mol. The summed E-state index contributed by atoms with van der Waals surface area (Å²) in [4.78, 5) is 10.3. The minimum atomic E-state index is 0.699. The van der Waals surface area contributed by atoms with Gasteiger partial charge >= 0.3 is 0 Å². The van der Waals surface area contributed by atoms with Gasteiger partial charge in [-0.1, -0.05) is 200 Å². The Kier molecular flexibility index (Phi) is 10.8. The first kappa shape index (κ1) is 46.2. The zero-order valence-electron chi connectivity index (χ0n) is 44.0. The SMILES string of the molecule is c1ccc(-c2ccc3c(c2)c2cc(-c4ccc5c(c4)c4ccccc4n5-c4ccccc4)ccc2n3-c2cccc(-n3c4ccccc4c4c(-c5cccc(-c6cc(-c7ccccc7)nc(-c7ccccc7)n6)c5)cccc43)c2)cc1. The summed E-state index contributed by atoms with van der Waals surface area (Å²) in [5.74, 6) is 0.699. The quantitative estimate of drug-likeness (QED) is 0.145. The predicted molar refractivity (Wildman–Crippen MR) is 338 cm³/mol. The van der Waals surface area contributed by atoms with E-state index in [-0.39, 0.29) is 0 Å². The van der Waals surface area contributed by atoms with E-state index in [4.69, 9.17) is 9.97 Å². The number of aromatic nitrogens is 5. The summed E-state index contributed by atoms with van der Waals surface area (Å²) in [6.07, 6.45) is 0. The van der Waals surface area contributed by atoms with Crippen molar-refractivity contribution >= 4 is 65.4 Å². The van der Waals surface area contributed by atoms with Gasteiger partial charge in [-0.15, -0.1) is 0 Å². The van der Waals surface area contributed by atoms with Gasteiger partial charge in [0.05, 0.1) is 44.5 Å². The second kappa shape index (κ2) is 18.9. The van der Waals surface area contributed by atoms with Crippen LogP contribution in [0.3, 0.4) is 0 Å². The molecule has 0 aliphatic rings. The minimum absolute atomic E-state index is 0.699. The van der Waals surface area contributed by atoms with E-state index in [1.165, 1.54) is 65.6 Å². The highest BCUT2D eigenvalue weighted by Gasteiger charge is 2.21. The molecule has 16 aromatic rings. The molecule has 12 aromatic carbocycles. The van der Waals surface area contributed by atoms with Crippen LogP contribution in [0, 0.1) is 0 Å². The first-order valence-electron chi connectivity index (χ1n) is 27.6. The zero-order chi connectivity index (χ0) is 53.4. The van der Waals surface area contributed by atoms with Crippen molar-refractivity contribution in [3.05, 3.63) is 297 Å². The van der Waals surface area contributed by atoms with Crippen LogP contribution in [0.5, 0.6) is 0 Å². The fraction of sp³-hybridized carbons (Fsp3) is 0. The molecule has 4 heterocycles. The number of para-hydroxylation sites is 3. The molecule has 4 aromatic heterocycles. The van der Waals surface area contributed by atoms with Crippen molar-refractivity contribution in [1.82, 2.24) is 23.7 Å². The smallest absolute Gasteiger partial charge is 0.160 e. The van der Waals surface area contributed by atoms with E-state index in [0.29, 0.717) is 5.82 Å². The summed E-state index contributed by atoms with van der Waals surface area (Å²) in [7, 11) is 0. The van der Waals surface area contributed by atoms with Gasteiger partial charge < -0.3 is 13.7 Å². The molecule has 0 radical (unpaired) electrons.